The Kier molecular flexibility index (Phi) is 5.54. The molecule has 27 heavy (non-hydrogen) atoms. The maximum Gasteiger partial charge on any atom is 0.456 e. The Labute approximate surface area is 149 Å². The Morgan fingerprint density at radius 3 is 2.33 bits per heavy atom. The van der Waals surface area contributed by atoms with Crippen LogP contribution in [0.15, 0.2) is 29.3 Å². The molecule has 1 N–H and O–H groups in total. The molecule has 2 aromatic heterocycles. The number of alkyl halides is 5. The molecular formula is C14H12F5N3O4S. The van der Waals surface area contributed by atoms with Crippen LogP contribution in [0.5, 0.6) is 11.6 Å². The van der Waals surface area contributed by atoms with Crippen molar-refractivity contribution in [2.75, 3.05) is 12.4 Å². The molecule has 0 aliphatic carbocycles. The largest absolute Gasteiger partial charge is 0.506 e. The highest BCUT2D eigenvalue weighted by atomic mass is 32.2. The Balaban J connectivity index is 2.29. The first kappa shape index (κ1) is 20.7. The number of nitrogens with zero attached hydrogens (tertiary/aromatic N) is 3. The van der Waals surface area contributed by atoms with Crippen LogP contribution in [-0.2, 0) is 9.84 Å². The van der Waals surface area contributed by atoms with Crippen LogP contribution in [0.3, 0.4) is 0 Å². The molecule has 148 valence electrons. The fourth-order valence-electron chi connectivity index (χ4n) is 1.79. The molecule has 7 nitrogen and oxygen atoms in total. The lowest BCUT2D eigenvalue weighted by molar-refractivity contribution is -0.290. The topological polar surface area (TPSA) is 102 Å². The van der Waals surface area contributed by atoms with Crippen LogP contribution in [0.25, 0.3) is 11.4 Å². The molecule has 2 heterocycles. The van der Waals surface area contributed by atoms with Crippen molar-refractivity contribution in [3.8, 4) is 23.0 Å². The van der Waals surface area contributed by atoms with Gasteiger partial charge in [0.2, 0.25) is 5.88 Å². The van der Waals surface area contributed by atoms with Gasteiger partial charge in [0.1, 0.15) is 17.1 Å². The van der Waals surface area contributed by atoms with E-state index in [0.717, 1.165) is 24.4 Å². The summed E-state index contributed by atoms with van der Waals surface area (Å²) < 4.78 is 90.4. The van der Waals surface area contributed by atoms with Crippen molar-refractivity contribution in [2.24, 2.45) is 0 Å². The van der Waals surface area contributed by atoms with Gasteiger partial charge >= 0.3 is 12.1 Å². The minimum atomic E-state index is -5.78. The Bertz CT molecular complexity index is 917. The van der Waals surface area contributed by atoms with Crippen LogP contribution in [0.4, 0.5) is 22.0 Å². The third kappa shape index (κ3) is 4.59. The van der Waals surface area contributed by atoms with Gasteiger partial charge in [-0.2, -0.15) is 22.0 Å². The number of hydrogen-bond donors (Lipinski definition) is 1. The Hall–Kier alpha value is -2.57. The molecule has 0 saturated carbocycles. The summed E-state index contributed by atoms with van der Waals surface area (Å²) in [5.41, 5.74) is -0.286. The molecule has 2 rings (SSSR count). The highest BCUT2D eigenvalue weighted by Gasteiger charge is 2.58. The number of ether oxygens (including phenoxy) is 1. The molecule has 0 aromatic carbocycles. The first-order valence-corrected chi connectivity index (χ1v) is 8.86. The van der Waals surface area contributed by atoms with Gasteiger partial charge in [0.15, 0.2) is 16.4 Å². The monoisotopic (exact) mass is 413 g/mol. The highest BCUT2D eigenvalue weighted by Crippen LogP contribution is 2.35. The number of aromatic nitrogens is 3. The molecule has 0 fully saturated rings. The summed E-state index contributed by atoms with van der Waals surface area (Å²) in [6.45, 7) is -0.621. The quantitative estimate of drug-likeness (QED) is 0.727. The zero-order chi connectivity index (χ0) is 20.5. The van der Waals surface area contributed by atoms with Crippen LogP contribution in [-0.4, -0.2) is 53.2 Å². The summed E-state index contributed by atoms with van der Waals surface area (Å²) in [7, 11) is -3.80. The van der Waals surface area contributed by atoms with E-state index in [2.05, 4.69) is 19.9 Å². The van der Waals surface area contributed by atoms with Crippen molar-refractivity contribution < 1.29 is 40.2 Å². The second-order valence-corrected chi connectivity index (χ2v) is 7.44. The summed E-state index contributed by atoms with van der Waals surface area (Å²) in [6.07, 6.45) is -4.82. The minimum absolute atomic E-state index is 0.114. The summed E-state index contributed by atoms with van der Waals surface area (Å²) in [5, 5.41) is 16.3. The van der Waals surface area contributed by atoms with E-state index in [1.54, 1.807) is 0 Å². The molecule has 0 spiro atoms. The fraction of sp³-hybridized carbons (Fsp3) is 0.357. The van der Waals surface area contributed by atoms with E-state index in [0.29, 0.717) is 0 Å². The lowest BCUT2D eigenvalue weighted by Crippen LogP contribution is -2.41. The van der Waals surface area contributed by atoms with Crippen LogP contribution < -0.4 is 4.74 Å². The lowest BCUT2D eigenvalue weighted by atomic mass is 10.2. The molecule has 0 aliphatic heterocycles. The van der Waals surface area contributed by atoms with E-state index in [1.165, 1.54) is 6.92 Å². The zero-order valence-electron chi connectivity index (χ0n) is 13.5. The van der Waals surface area contributed by atoms with E-state index in [-0.39, 0.29) is 22.0 Å². The van der Waals surface area contributed by atoms with Crippen LogP contribution in [0, 0.1) is 0 Å². The first-order chi connectivity index (χ1) is 12.4. The summed E-state index contributed by atoms with van der Waals surface area (Å²) >= 11 is 0. The maximum atomic E-state index is 12.8. The van der Waals surface area contributed by atoms with Crippen molar-refractivity contribution in [2.45, 2.75) is 23.9 Å². The van der Waals surface area contributed by atoms with E-state index in [4.69, 9.17) is 0 Å². The molecule has 0 atom stereocenters. The molecule has 0 bridgehead atoms. The minimum Gasteiger partial charge on any atom is -0.506 e. The van der Waals surface area contributed by atoms with Crippen molar-refractivity contribution in [3.63, 3.8) is 0 Å². The summed E-state index contributed by atoms with van der Waals surface area (Å²) in [4.78, 5) is 3.43. The van der Waals surface area contributed by atoms with Gasteiger partial charge < -0.3 is 9.84 Å². The van der Waals surface area contributed by atoms with Gasteiger partial charge in [-0.25, -0.2) is 13.4 Å². The fourth-order valence-corrected chi connectivity index (χ4v) is 2.85. The number of sulfone groups is 1. The molecule has 2 aromatic rings. The second kappa shape index (κ2) is 7.21. The zero-order valence-corrected chi connectivity index (χ0v) is 14.4. The number of halogens is 5. The smallest absolute Gasteiger partial charge is 0.456 e. The van der Waals surface area contributed by atoms with E-state index in [1.807, 2.05) is 0 Å². The number of aromatic hydroxyl groups is 1. The lowest BCUT2D eigenvalue weighted by Gasteiger charge is -2.19. The molecular weight excluding hydrogens is 401 g/mol. The van der Waals surface area contributed by atoms with Crippen molar-refractivity contribution in [3.05, 3.63) is 24.4 Å². The Morgan fingerprint density at radius 2 is 1.81 bits per heavy atom. The van der Waals surface area contributed by atoms with Crippen LogP contribution in [0.2, 0.25) is 0 Å². The third-order valence-corrected chi connectivity index (χ3v) is 4.99. The van der Waals surface area contributed by atoms with Crippen LogP contribution in [0.1, 0.15) is 6.92 Å². The van der Waals surface area contributed by atoms with Crippen molar-refractivity contribution >= 4 is 9.84 Å². The molecule has 0 amide bonds. The molecule has 13 heteroatoms. The van der Waals surface area contributed by atoms with Crippen LogP contribution >= 0.6 is 0 Å². The molecule has 0 aliphatic rings. The SMILES string of the molecule is CCS(=O)(=O)c1cc(O)cnc1-c1ccc(OCC(F)(F)C(F)(F)F)nn1. The predicted octanol–water partition coefficient (Wildman–Crippen LogP) is 2.61. The van der Waals surface area contributed by atoms with E-state index >= 15 is 0 Å². The van der Waals surface area contributed by atoms with Gasteiger partial charge in [0, 0.05) is 12.1 Å². The van der Waals surface area contributed by atoms with Gasteiger partial charge in [-0.15, -0.1) is 10.2 Å². The van der Waals surface area contributed by atoms with E-state index < -0.39 is 40.2 Å². The van der Waals surface area contributed by atoms with Gasteiger partial charge in [-0.05, 0) is 6.07 Å². The predicted molar refractivity (Wildman–Crippen MR) is 81.2 cm³/mol. The summed E-state index contributed by atoms with van der Waals surface area (Å²) in [5.74, 6) is -6.41. The van der Waals surface area contributed by atoms with Gasteiger partial charge in [0.25, 0.3) is 0 Å². The Morgan fingerprint density at radius 1 is 1.15 bits per heavy atom. The highest BCUT2D eigenvalue weighted by molar-refractivity contribution is 7.91. The molecule has 0 radical (unpaired) electrons. The number of pyridine rings is 1. The second-order valence-electron chi connectivity index (χ2n) is 5.19. The normalized spacial score (nSPS) is 12.8. The van der Waals surface area contributed by atoms with Gasteiger partial charge in [0.05, 0.1) is 16.8 Å². The average molecular weight is 413 g/mol. The molecule has 0 unspecified atom stereocenters. The first-order valence-electron chi connectivity index (χ1n) is 7.20. The standard InChI is InChI=1S/C14H12F5N3O4S/c1-2-27(24,25)10-5-8(23)6-20-12(10)9-3-4-11(22-21-9)26-7-13(15,16)14(17,18)19/h3-6,23H,2,7H2,1H3. The number of rotatable bonds is 6. The van der Waals surface area contributed by atoms with Gasteiger partial charge in [-0.3, -0.25) is 0 Å². The summed E-state index contributed by atoms with van der Waals surface area (Å²) in [6, 6.07) is 2.98. The van der Waals surface area contributed by atoms with Gasteiger partial charge in [-0.1, -0.05) is 6.92 Å². The maximum absolute atomic E-state index is 12.8. The third-order valence-electron chi connectivity index (χ3n) is 3.25. The number of hydrogen-bond acceptors (Lipinski definition) is 7. The van der Waals surface area contributed by atoms with Crippen molar-refractivity contribution in [1.82, 2.24) is 15.2 Å². The van der Waals surface area contributed by atoms with Crippen molar-refractivity contribution in [1.29, 1.82) is 0 Å². The molecule has 0 saturated heterocycles. The average Bonchev–Trinajstić information content (AvgIpc) is 2.59. The van der Waals surface area contributed by atoms with E-state index in [9.17, 15) is 35.5 Å².